The second-order valence-electron chi connectivity index (χ2n) is 4.89. The molecular weight excluding hydrogens is 285 g/mol. The summed E-state index contributed by atoms with van der Waals surface area (Å²) in [4.78, 5) is 11.3. The smallest absolute Gasteiger partial charge is 0.419 e. The SMILES string of the molecule is CNC(C)(CCCOc1ccccc1C(F)(F)F)C(N)=O. The predicted octanol–water partition coefficient (Wildman–Crippen LogP) is 2.33. The van der Waals surface area contributed by atoms with E-state index in [2.05, 4.69) is 5.32 Å². The molecule has 3 N–H and O–H groups in total. The maximum absolute atomic E-state index is 12.8. The van der Waals surface area contributed by atoms with E-state index in [0.717, 1.165) is 6.07 Å². The first kappa shape index (κ1) is 17.3. The van der Waals surface area contributed by atoms with Gasteiger partial charge >= 0.3 is 6.18 Å². The molecule has 0 spiro atoms. The fourth-order valence-corrected chi connectivity index (χ4v) is 1.81. The van der Waals surface area contributed by atoms with Crippen molar-refractivity contribution in [2.24, 2.45) is 5.73 Å². The number of halogens is 3. The van der Waals surface area contributed by atoms with Gasteiger partial charge in [-0.1, -0.05) is 12.1 Å². The highest BCUT2D eigenvalue weighted by atomic mass is 19.4. The number of para-hydroxylation sites is 1. The fourth-order valence-electron chi connectivity index (χ4n) is 1.81. The molecule has 0 heterocycles. The molecule has 4 nitrogen and oxygen atoms in total. The van der Waals surface area contributed by atoms with Crippen molar-refractivity contribution in [1.29, 1.82) is 0 Å². The number of primary amides is 1. The van der Waals surface area contributed by atoms with Crippen molar-refractivity contribution >= 4 is 5.91 Å². The Morgan fingerprint density at radius 2 is 1.95 bits per heavy atom. The van der Waals surface area contributed by atoms with Crippen LogP contribution in [0.4, 0.5) is 13.2 Å². The van der Waals surface area contributed by atoms with Crippen LogP contribution in [0.5, 0.6) is 5.75 Å². The summed E-state index contributed by atoms with van der Waals surface area (Å²) < 4.78 is 43.5. The van der Waals surface area contributed by atoms with Crippen LogP contribution in [-0.2, 0) is 11.0 Å². The number of nitrogens with two attached hydrogens (primary N) is 1. The van der Waals surface area contributed by atoms with Crippen LogP contribution in [0.25, 0.3) is 0 Å². The third kappa shape index (κ3) is 4.63. The van der Waals surface area contributed by atoms with Crippen molar-refractivity contribution in [2.75, 3.05) is 13.7 Å². The molecule has 1 rings (SSSR count). The molecule has 0 bridgehead atoms. The van der Waals surface area contributed by atoms with Crippen molar-refractivity contribution < 1.29 is 22.7 Å². The monoisotopic (exact) mass is 304 g/mol. The van der Waals surface area contributed by atoms with Crippen LogP contribution in [-0.4, -0.2) is 25.1 Å². The first-order valence-corrected chi connectivity index (χ1v) is 6.48. The van der Waals surface area contributed by atoms with E-state index < -0.39 is 23.2 Å². The average molecular weight is 304 g/mol. The molecule has 0 aliphatic heterocycles. The summed E-state index contributed by atoms with van der Waals surface area (Å²) in [5, 5.41) is 2.80. The lowest BCUT2D eigenvalue weighted by molar-refractivity contribution is -0.139. The van der Waals surface area contributed by atoms with E-state index in [4.69, 9.17) is 10.5 Å². The highest BCUT2D eigenvalue weighted by molar-refractivity contribution is 5.84. The van der Waals surface area contributed by atoms with E-state index in [-0.39, 0.29) is 12.4 Å². The van der Waals surface area contributed by atoms with Gasteiger partial charge in [0.2, 0.25) is 5.91 Å². The lowest BCUT2D eigenvalue weighted by Gasteiger charge is -2.25. The predicted molar refractivity (Wildman–Crippen MR) is 72.8 cm³/mol. The van der Waals surface area contributed by atoms with Gasteiger partial charge in [-0.3, -0.25) is 4.79 Å². The van der Waals surface area contributed by atoms with Crippen LogP contribution in [0.1, 0.15) is 25.3 Å². The Labute approximate surface area is 121 Å². The Balaban J connectivity index is 2.60. The summed E-state index contributed by atoms with van der Waals surface area (Å²) in [6, 6.07) is 5.02. The first-order chi connectivity index (χ1) is 9.70. The number of carbonyl (C=O) groups excluding carboxylic acids is 1. The molecule has 7 heteroatoms. The standard InChI is InChI=1S/C14H19F3N2O2/c1-13(19-2,12(18)20)8-5-9-21-11-7-4-3-6-10(11)14(15,16)17/h3-4,6-7,19H,5,8-9H2,1-2H3,(H2,18,20). The number of likely N-dealkylation sites (N-methyl/N-ethyl adjacent to an activating group) is 1. The third-order valence-corrected chi connectivity index (χ3v) is 3.37. The number of carbonyl (C=O) groups is 1. The van der Waals surface area contributed by atoms with Gasteiger partial charge in [0, 0.05) is 0 Å². The number of rotatable bonds is 7. The Hall–Kier alpha value is -1.76. The van der Waals surface area contributed by atoms with Crippen molar-refractivity contribution in [3.05, 3.63) is 29.8 Å². The van der Waals surface area contributed by atoms with Crippen molar-refractivity contribution in [3.8, 4) is 5.75 Å². The van der Waals surface area contributed by atoms with Gasteiger partial charge < -0.3 is 15.8 Å². The van der Waals surface area contributed by atoms with E-state index in [1.165, 1.54) is 18.2 Å². The number of hydrogen-bond acceptors (Lipinski definition) is 3. The normalized spacial score (nSPS) is 14.5. The molecule has 1 aromatic rings. The van der Waals surface area contributed by atoms with Gasteiger partial charge in [-0.15, -0.1) is 0 Å². The largest absolute Gasteiger partial charge is 0.493 e. The highest BCUT2D eigenvalue weighted by Gasteiger charge is 2.34. The Morgan fingerprint density at radius 1 is 1.33 bits per heavy atom. The summed E-state index contributed by atoms with van der Waals surface area (Å²) in [5.74, 6) is -0.726. The van der Waals surface area contributed by atoms with E-state index in [0.29, 0.717) is 12.8 Å². The topological polar surface area (TPSA) is 64.3 Å². The molecule has 0 fully saturated rings. The van der Waals surface area contributed by atoms with Crippen LogP contribution in [0.3, 0.4) is 0 Å². The molecule has 1 aromatic carbocycles. The molecule has 0 aliphatic rings. The maximum atomic E-state index is 12.8. The Morgan fingerprint density at radius 3 is 2.48 bits per heavy atom. The number of alkyl halides is 3. The molecule has 1 amide bonds. The summed E-state index contributed by atoms with van der Waals surface area (Å²) in [5.41, 5.74) is 3.56. The molecule has 1 unspecified atom stereocenters. The molecule has 118 valence electrons. The zero-order valence-corrected chi connectivity index (χ0v) is 12.0. The second-order valence-corrected chi connectivity index (χ2v) is 4.89. The highest BCUT2D eigenvalue weighted by Crippen LogP contribution is 2.35. The van der Waals surface area contributed by atoms with E-state index in [1.54, 1.807) is 14.0 Å². The minimum atomic E-state index is -4.46. The lowest BCUT2D eigenvalue weighted by Crippen LogP contribution is -2.51. The zero-order valence-electron chi connectivity index (χ0n) is 12.0. The van der Waals surface area contributed by atoms with Gasteiger partial charge in [0.1, 0.15) is 5.75 Å². The minimum absolute atomic E-state index is 0.0671. The summed E-state index contributed by atoms with van der Waals surface area (Å²) in [7, 11) is 1.60. The van der Waals surface area contributed by atoms with Gasteiger partial charge in [-0.05, 0) is 38.9 Å². The third-order valence-electron chi connectivity index (χ3n) is 3.37. The van der Waals surface area contributed by atoms with Crippen LogP contribution in [0.15, 0.2) is 24.3 Å². The van der Waals surface area contributed by atoms with E-state index >= 15 is 0 Å². The second kappa shape index (κ2) is 6.80. The summed E-state index contributed by atoms with van der Waals surface area (Å²) in [6.45, 7) is 1.70. The number of amides is 1. The molecule has 0 radical (unpaired) electrons. The van der Waals surface area contributed by atoms with E-state index in [9.17, 15) is 18.0 Å². The molecule has 0 aromatic heterocycles. The Kier molecular flexibility index (Phi) is 5.60. The molecule has 1 atom stereocenters. The number of benzene rings is 1. The summed E-state index contributed by atoms with van der Waals surface area (Å²) in [6.07, 6.45) is -3.69. The zero-order chi connectivity index (χ0) is 16.1. The number of nitrogens with one attached hydrogen (secondary N) is 1. The lowest BCUT2D eigenvalue weighted by atomic mass is 9.95. The maximum Gasteiger partial charge on any atom is 0.419 e. The van der Waals surface area contributed by atoms with Gasteiger partial charge in [0.15, 0.2) is 0 Å². The molecule has 0 aliphatic carbocycles. The average Bonchev–Trinajstić information content (AvgIpc) is 2.42. The van der Waals surface area contributed by atoms with Gasteiger partial charge in [-0.25, -0.2) is 0 Å². The molecule has 0 saturated carbocycles. The summed E-state index contributed by atoms with van der Waals surface area (Å²) >= 11 is 0. The Bertz CT molecular complexity index is 491. The van der Waals surface area contributed by atoms with Crippen molar-refractivity contribution in [1.82, 2.24) is 5.32 Å². The van der Waals surface area contributed by atoms with Crippen LogP contribution in [0.2, 0.25) is 0 Å². The first-order valence-electron chi connectivity index (χ1n) is 6.48. The molecule has 0 saturated heterocycles. The molecule has 21 heavy (non-hydrogen) atoms. The quantitative estimate of drug-likeness (QED) is 0.760. The van der Waals surface area contributed by atoms with Crippen molar-refractivity contribution in [3.63, 3.8) is 0 Å². The fraction of sp³-hybridized carbons (Fsp3) is 0.500. The van der Waals surface area contributed by atoms with E-state index in [1.807, 2.05) is 0 Å². The van der Waals surface area contributed by atoms with Crippen molar-refractivity contribution in [2.45, 2.75) is 31.5 Å². The molecular formula is C14H19F3N2O2. The van der Waals surface area contributed by atoms with Gasteiger partial charge in [0.25, 0.3) is 0 Å². The van der Waals surface area contributed by atoms with Crippen LogP contribution >= 0.6 is 0 Å². The number of hydrogen-bond donors (Lipinski definition) is 2. The van der Waals surface area contributed by atoms with Gasteiger partial charge in [0.05, 0.1) is 17.7 Å². The van der Waals surface area contributed by atoms with Crippen LogP contribution < -0.4 is 15.8 Å². The van der Waals surface area contributed by atoms with Crippen LogP contribution in [0, 0.1) is 0 Å². The minimum Gasteiger partial charge on any atom is -0.493 e. The number of ether oxygens (including phenoxy) is 1. The van der Waals surface area contributed by atoms with Gasteiger partial charge in [-0.2, -0.15) is 13.2 Å².